The molecule has 1 aromatic carbocycles. The summed E-state index contributed by atoms with van der Waals surface area (Å²) in [7, 11) is -2.32. The molecule has 1 aromatic heterocycles. The second-order valence-electron chi connectivity index (χ2n) is 18.2. The third kappa shape index (κ3) is 10.2. The van der Waals surface area contributed by atoms with E-state index in [2.05, 4.69) is 25.7 Å². The predicted molar refractivity (Wildman–Crippen MR) is 223 cm³/mol. The van der Waals surface area contributed by atoms with Gasteiger partial charge in [-0.2, -0.15) is 0 Å². The monoisotopic (exact) mass is 868 g/mol. The number of ether oxygens (including phenoxy) is 4. The van der Waals surface area contributed by atoms with Gasteiger partial charge in [0, 0.05) is 24.6 Å². The van der Waals surface area contributed by atoms with Crippen LogP contribution in [0.2, 0.25) is 0 Å². The molecule has 5 amide bonds. The third-order valence-corrected chi connectivity index (χ3v) is 14.3. The number of carbonyl (C=O) groups excluding carboxylic acids is 5. The van der Waals surface area contributed by atoms with Crippen LogP contribution < -0.4 is 30.1 Å². The van der Waals surface area contributed by atoms with E-state index in [0.29, 0.717) is 62.0 Å². The van der Waals surface area contributed by atoms with Gasteiger partial charge in [0.05, 0.1) is 25.5 Å². The molecule has 6 atom stereocenters. The summed E-state index contributed by atoms with van der Waals surface area (Å²) in [4.78, 5) is 76.8. The fourth-order valence-corrected chi connectivity index (χ4v) is 10.4. The van der Waals surface area contributed by atoms with E-state index in [1.54, 1.807) is 34.1 Å². The maximum Gasteiger partial charge on any atom is 0.408 e. The van der Waals surface area contributed by atoms with Gasteiger partial charge < -0.3 is 39.8 Å². The average Bonchev–Trinajstić information content (AvgIpc) is 4.15. The van der Waals surface area contributed by atoms with Crippen LogP contribution in [0.25, 0.3) is 10.8 Å². The topological polar surface area (TPSA) is 221 Å². The van der Waals surface area contributed by atoms with E-state index < -0.39 is 80.4 Å². The van der Waals surface area contributed by atoms with Gasteiger partial charge in [0.15, 0.2) is 0 Å². The number of alkyl carbamates (subject to hydrolysis) is 1. The highest BCUT2D eigenvalue weighted by Gasteiger charge is 2.62. The molecule has 5 aliphatic rings. The van der Waals surface area contributed by atoms with E-state index in [4.69, 9.17) is 18.9 Å². The minimum absolute atomic E-state index is 0.0233. The van der Waals surface area contributed by atoms with Gasteiger partial charge in [0.1, 0.15) is 41.1 Å². The molecule has 334 valence electrons. The first-order chi connectivity index (χ1) is 29.0. The number of nitrogens with one attached hydrogen (secondary N) is 4. The number of aryl methyl sites for hydroxylation is 1. The van der Waals surface area contributed by atoms with Crippen molar-refractivity contribution in [1.82, 2.24) is 30.6 Å². The molecular weight excluding hydrogens is 809 g/mol. The Balaban J connectivity index is 1.25. The number of sulfonamides is 1. The van der Waals surface area contributed by atoms with Crippen LogP contribution in [-0.2, 0) is 45.1 Å². The summed E-state index contributed by atoms with van der Waals surface area (Å²) < 4.78 is 51.8. The Morgan fingerprint density at radius 3 is 2.49 bits per heavy atom. The summed E-state index contributed by atoms with van der Waals surface area (Å²) in [6.07, 6.45) is 6.76. The lowest BCUT2D eigenvalue weighted by Gasteiger charge is -2.35. The molecule has 2 aromatic rings. The van der Waals surface area contributed by atoms with Crippen molar-refractivity contribution in [2.75, 3.05) is 26.9 Å². The summed E-state index contributed by atoms with van der Waals surface area (Å²) in [5, 5.41) is 9.38. The number of hydrogen-bond donors (Lipinski definition) is 4. The van der Waals surface area contributed by atoms with Gasteiger partial charge in [-0.15, -0.1) is 0 Å². The minimum atomic E-state index is -3.90. The molecule has 7 rings (SSSR count). The van der Waals surface area contributed by atoms with Gasteiger partial charge in [0.25, 0.3) is 5.91 Å². The maximum atomic E-state index is 15.1. The zero-order valence-corrected chi connectivity index (χ0v) is 36.6. The number of fused-ring (bicyclic) bond motifs is 3. The molecule has 61 heavy (non-hydrogen) atoms. The second-order valence-corrected chi connectivity index (χ2v) is 20.2. The van der Waals surface area contributed by atoms with E-state index >= 15 is 4.79 Å². The van der Waals surface area contributed by atoms with Gasteiger partial charge in [0.2, 0.25) is 33.6 Å². The van der Waals surface area contributed by atoms with Crippen LogP contribution in [0.15, 0.2) is 24.4 Å². The molecule has 3 heterocycles. The van der Waals surface area contributed by atoms with Crippen LogP contribution in [-0.4, -0.2) is 116 Å². The lowest BCUT2D eigenvalue weighted by atomic mass is 9.83. The molecule has 17 nitrogen and oxygen atoms in total. The van der Waals surface area contributed by atoms with Gasteiger partial charge >= 0.3 is 6.09 Å². The lowest BCUT2D eigenvalue weighted by molar-refractivity contribution is -0.144. The van der Waals surface area contributed by atoms with Crippen molar-refractivity contribution >= 4 is 50.5 Å². The highest BCUT2D eigenvalue weighted by Crippen LogP contribution is 2.47. The van der Waals surface area contributed by atoms with Crippen molar-refractivity contribution in [3.63, 3.8) is 0 Å². The molecular formula is C43H60N6O11S. The summed E-state index contributed by atoms with van der Waals surface area (Å²) in [5.74, 6) is -2.23. The first-order valence-electron chi connectivity index (χ1n) is 21.7. The Labute approximate surface area is 357 Å². The molecule has 0 unspecified atom stereocenters. The highest BCUT2D eigenvalue weighted by molar-refractivity contribution is 7.91. The van der Waals surface area contributed by atoms with Crippen LogP contribution in [0.3, 0.4) is 0 Å². The molecule has 3 aliphatic carbocycles. The molecule has 4 bridgehead atoms. The number of pyridine rings is 1. The number of aromatic nitrogens is 1. The molecule has 4 N–H and O–H groups in total. The Morgan fingerprint density at radius 2 is 1.82 bits per heavy atom. The standard InChI is InChI=1S/C43H60N6O11S/c1-6-28-22-43(28,40(53)48-61(55,56)30-14-15-30)47-37(51)33-21-29-23-49(33)39(52)35(25-11-8-7-9-12-25)46-36(50)32(45-41(54)60-42(2,3)4)24-58-18-10-13-27-19-31-26(20-34(27)57-5)16-17-44-38(31)59-29/h16-17,19-20,25,28-30,32-33,35H,6-15,18,21-24H2,1-5H3,(H,45,54)(H,46,50)(H,47,51)(H,48,53)/t28-,29+,32-,33-,35-,43+/m0/s1. The predicted octanol–water partition coefficient (Wildman–Crippen LogP) is 3.41. The van der Waals surface area contributed by atoms with Gasteiger partial charge in [-0.25, -0.2) is 18.2 Å². The third-order valence-electron chi connectivity index (χ3n) is 12.5. The van der Waals surface area contributed by atoms with Gasteiger partial charge in [-0.3, -0.25) is 23.9 Å². The van der Waals surface area contributed by atoms with E-state index in [-0.39, 0.29) is 44.4 Å². The highest BCUT2D eigenvalue weighted by atomic mass is 32.2. The average molecular weight is 869 g/mol. The molecule has 3 saturated carbocycles. The van der Waals surface area contributed by atoms with Crippen LogP contribution in [0.5, 0.6) is 11.6 Å². The Kier molecular flexibility index (Phi) is 13.0. The largest absolute Gasteiger partial charge is 0.496 e. The summed E-state index contributed by atoms with van der Waals surface area (Å²) in [6.45, 7) is 6.97. The number of nitrogens with zero attached hydrogens (tertiary/aromatic N) is 2. The molecule has 2 aliphatic heterocycles. The quantitative estimate of drug-likeness (QED) is 0.285. The zero-order chi connectivity index (χ0) is 43.7. The van der Waals surface area contributed by atoms with Crippen molar-refractivity contribution < 1.29 is 51.3 Å². The number of hydrogen-bond acceptors (Lipinski definition) is 12. The number of methoxy groups -OCH3 is 1. The first-order valence-corrected chi connectivity index (χ1v) is 23.2. The van der Waals surface area contributed by atoms with Crippen molar-refractivity contribution in [2.24, 2.45) is 11.8 Å². The summed E-state index contributed by atoms with van der Waals surface area (Å²) in [5.41, 5.74) is -1.47. The van der Waals surface area contributed by atoms with Crippen molar-refractivity contribution in [3.8, 4) is 11.6 Å². The fraction of sp³-hybridized carbons (Fsp3) is 0.674. The normalized spacial score (nSPS) is 27.9. The van der Waals surface area contributed by atoms with Crippen LogP contribution in [0, 0.1) is 11.8 Å². The van der Waals surface area contributed by atoms with E-state index in [9.17, 15) is 27.6 Å². The van der Waals surface area contributed by atoms with Gasteiger partial charge in [-0.1, -0.05) is 32.6 Å². The Morgan fingerprint density at radius 1 is 1.07 bits per heavy atom. The maximum absolute atomic E-state index is 15.1. The molecule has 1 saturated heterocycles. The van der Waals surface area contributed by atoms with Gasteiger partial charge in [-0.05, 0) is 107 Å². The molecule has 0 radical (unpaired) electrons. The van der Waals surface area contributed by atoms with Crippen molar-refractivity contribution in [1.29, 1.82) is 0 Å². The minimum Gasteiger partial charge on any atom is -0.496 e. The second kappa shape index (κ2) is 17.9. The Bertz CT molecular complexity index is 2120. The number of amides is 5. The molecule has 4 fully saturated rings. The number of benzene rings is 1. The van der Waals surface area contributed by atoms with Crippen molar-refractivity contribution in [2.45, 2.75) is 145 Å². The molecule has 0 spiro atoms. The SMILES string of the molecule is CC[C@H]1C[C@]1(NC(=O)[C@@H]1C[C@@H]2CN1C(=O)[C@H](C1CCCCC1)NC(=O)[C@@H](NC(=O)OC(C)(C)C)COCCCc1cc3c(nccc3cc1OC)O2)C(=O)NS(=O)(=O)C1CC1. The van der Waals surface area contributed by atoms with Crippen molar-refractivity contribution in [3.05, 3.63) is 30.0 Å². The van der Waals surface area contributed by atoms with Crippen LogP contribution in [0.1, 0.15) is 104 Å². The van der Waals surface area contributed by atoms with E-state index in [0.717, 1.165) is 30.2 Å². The summed E-state index contributed by atoms with van der Waals surface area (Å²) >= 11 is 0. The van der Waals surface area contributed by atoms with E-state index in [1.807, 2.05) is 25.1 Å². The zero-order valence-electron chi connectivity index (χ0n) is 35.8. The Hall–Kier alpha value is -4.71. The van der Waals surface area contributed by atoms with Crippen LogP contribution in [0.4, 0.5) is 4.79 Å². The first kappa shape index (κ1) is 44.3. The summed E-state index contributed by atoms with van der Waals surface area (Å²) in [6, 6.07) is 2.21. The van der Waals surface area contributed by atoms with E-state index in [1.165, 1.54) is 4.90 Å². The fourth-order valence-electron chi connectivity index (χ4n) is 9.01. The molecule has 18 heteroatoms. The number of carbonyl (C=O) groups is 5. The smallest absolute Gasteiger partial charge is 0.408 e. The lowest BCUT2D eigenvalue weighted by Crippen LogP contribution is -2.61. The van der Waals surface area contributed by atoms with Crippen LogP contribution >= 0.6 is 0 Å². The number of rotatable bonds is 9.